The van der Waals surface area contributed by atoms with E-state index < -0.39 is 0 Å². The Bertz CT molecular complexity index is 208. The highest BCUT2D eigenvalue weighted by molar-refractivity contribution is 5.74. The average molecular weight is 212 g/mol. The first-order valence-corrected chi connectivity index (χ1v) is 6.08. The van der Waals surface area contributed by atoms with Crippen LogP contribution >= 0.6 is 0 Å². The van der Waals surface area contributed by atoms with Crippen molar-refractivity contribution in [3.8, 4) is 0 Å². The maximum Gasteiger partial charge on any atom is 0.317 e. The summed E-state index contributed by atoms with van der Waals surface area (Å²) in [4.78, 5) is 13.8. The van der Waals surface area contributed by atoms with Crippen LogP contribution < -0.4 is 5.32 Å². The molecule has 0 aromatic carbocycles. The van der Waals surface area contributed by atoms with Gasteiger partial charge in [-0.2, -0.15) is 0 Å². The number of carbonyl (C=O) groups excluding carboxylic acids is 1. The molecule has 2 amide bonds. The van der Waals surface area contributed by atoms with Crippen molar-refractivity contribution in [2.75, 3.05) is 13.1 Å². The Morgan fingerprint density at radius 1 is 1.40 bits per heavy atom. The number of nitrogens with one attached hydrogen (secondary N) is 1. The molecule has 1 aliphatic rings. The Labute approximate surface area is 93.2 Å². The van der Waals surface area contributed by atoms with Gasteiger partial charge >= 0.3 is 6.03 Å². The maximum absolute atomic E-state index is 11.9. The summed E-state index contributed by atoms with van der Waals surface area (Å²) in [7, 11) is 0. The van der Waals surface area contributed by atoms with Gasteiger partial charge in [-0.25, -0.2) is 4.79 Å². The third-order valence-electron chi connectivity index (χ3n) is 3.14. The molecular weight excluding hydrogens is 188 g/mol. The van der Waals surface area contributed by atoms with Crippen LogP contribution in [0.3, 0.4) is 0 Å². The predicted molar refractivity (Wildman–Crippen MR) is 62.8 cm³/mol. The Morgan fingerprint density at radius 2 is 1.93 bits per heavy atom. The highest BCUT2D eigenvalue weighted by Gasteiger charge is 2.25. The van der Waals surface area contributed by atoms with E-state index in [4.69, 9.17) is 0 Å². The van der Waals surface area contributed by atoms with E-state index in [9.17, 15) is 4.79 Å². The van der Waals surface area contributed by atoms with Crippen LogP contribution in [0, 0.1) is 11.8 Å². The molecule has 88 valence electrons. The Kier molecular flexibility index (Phi) is 4.43. The van der Waals surface area contributed by atoms with Crippen molar-refractivity contribution in [2.24, 2.45) is 11.8 Å². The van der Waals surface area contributed by atoms with Gasteiger partial charge in [-0.15, -0.1) is 0 Å². The van der Waals surface area contributed by atoms with Crippen molar-refractivity contribution in [1.29, 1.82) is 0 Å². The minimum Gasteiger partial charge on any atom is -0.336 e. The SMILES string of the molecule is CC[C@H](C)NC(=O)N1C[C@@H](C)C[C@H](C)C1. The van der Waals surface area contributed by atoms with Crippen LogP contribution in [0.4, 0.5) is 4.79 Å². The normalized spacial score (nSPS) is 28.7. The molecule has 15 heavy (non-hydrogen) atoms. The molecule has 0 bridgehead atoms. The van der Waals surface area contributed by atoms with E-state index in [2.05, 4.69) is 33.0 Å². The van der Waals surface area contributed by atoms with E-state index in [0.717, 1.165) is 19.5 Å². The summed E-state index contributed by atoms with van der Waals surface area (Å²) in [5, 5.41) is 3.03. The van der Waals surface area contributed by atoms with Crippen LogP contribution in [-0.2, 0) is 0 Å². The van der Waals surface area contributed by atoms with Crippen molar-refractivity contribution < 1.29 is 4.79 Å². The lowest BCUT2D eigenvalue weighted by atomic mass is 9.92. The molecule has 1 saturated heterocycles. The molecule has 1 aliphatic heterocycles. The van der Waals surface area contributed by atoms with E-state index in [0.29, 0.717) is 11.8 Å². The van der Waals surface area contributed by atoms with Crippen LogP contribution in [0.5, 0.6) is 0 Å². The molecule has 0 unspecified atom stereocenters. The van der Waals surface area contributed by atoms with Crippen molar-refractivity contribution in [3.05, 3.63) is 0 Å². The minimum atomic E-state index is 0.114. The lowest BCUT2D eigenvalue weighted by Crippen LogP contribution is -2.49. The average Bonchev–Trinajstić information content (AvgIpc) is 2.16. The highest BCUT2D eigenvalue weighted by atomic mass is 16.2. The second-order valence-corrected chi connectivity index (χ2v) is 5.11. The van der Waals surface area contributed by atoms with Crippen LogP contribution in [0.1, 0.15) is 40.5 Å². The highest BCUT2D eigenvalue weighted by Crippen LogP contribution is 2.20. The zero-order valence-electron chi connectivity index (χ0n) is 10.4. The van der Waals surface area contributed by atoms with Crippen molar-refractivity contribution in [3.63, 3.8) is 0 Å². The van der Waals surface area contributed by atoms with Gasteiger partial charge < -0.3 is 10.2 Å². The summed E-state index contributed by atoms with van der Waals surface area (Å²) < 4.78 is 0. The molecule has 3 atom stereocenters. The number of amides is 2. The number of rotatable bonds is 2. The third kappa shape index (κ3) is 3.73. The monoisotopic (exact) mass is 212 g/mol. The van der Waals surface area contributed by atoms with Crippen LogP contribution in [0.15, 0.2) is 0 Å². The van der Waals surface area contributed by atoms with Gasteiger partial charge in [-0.1, -0.05) is 20.8 Å². The molecular formula is C12H24N2O. The molecule has 0 saturated carbocycles. The van der Waals surface area contributed by atoms with Gasteiger partial charge in [0, 0.05) is 19.1 Å². The Morgan fingerprint density at radius 3 is 2.40 bits per heavy atom. The van der Waals surface area contributed by atoms with E-state index >= 15 is 0 Å². The second-order valence-electron chi connectivity index (χ2n) is 5.11. The van der Waals surface area contributed by atoms with Crippen LogP contribution in [-0.4, -0.2) is 30.1 Å². The van der Waals surface area contributed by atoms with Gasteiger partial charge in [0.15, 0.2) is 0 Å². The predicted octanol–water partition coefficient (Wildman–Crippen LogP) is 2.47. The number of likely N-dealkylation sites (tertiary alicyclic amines) is 1. The summed E-state index contributed by atoms with van der Waals surface area (Å²) in [6, 6.07) is 0.396. The summed E-state index contributed by atoms with van der Waals surface area (Å²) in [6.45, 7) is 10.4. The summed E-state index contributed by atoms with van der Waals surface area (Å²) >= 11 is 0. The lowest BCUT2D eigenvalue weighted by Gasteiger charge is -2.35. The largest absolute Gasteiger partial charge is 0.336 e. The van der Waals surface area contributed by atoms with Crippen molar-refractivity contribution in [1.82, 2.24) is 10.2 Å². The number of piperidine rings is 1. The molecule has 1 fully saturated rings. The molecule has 0 radical (unpaired) electrons. The van der Waals surface area contributed by atoms with Crippen LogP contribution in [0.2, 0.25) is 0 Å². The summed E-state index contributed by atoms with van der Waals surface area (Å²) in [6.07, 6.45) is 2.23. The number of hydrogen-bond acceptors (Lipinski definition) is 1. The standard InChI is InChI=1S/C12H24N2O/c1-5-11(4)13-12(15)14-7-9(2)6-10(3)8-14/h9-11H,5-8H2,1-4H3,(H,13,15)/t9-,10-,11-/m0/s1. The second kappa shape index (κ2) is 5.38. The van der Waals surface area contributed by atoms with E-state index in [-0.39, 0.29) is 12.1 Å². The van der Waals surface area contributed by atoms with Gasteiger partial charge in [0.2, 0.25) is 0 Å². The number of nitrogens with zero attached hydrogens (tertiary/aromatic N) is 1. The number of urea groups is 1. The van der Waals surface area contributed by atoms with Gasteiger partial charge in [-0.3, -0.25) is 0 Å². The molecule has 0 aliphatic carbocycles. The molecule has 1 N–H and O–H groups in total. The van der Waals surface area contributed by atoms with E-state index in [1.165, 1.54) is 6.42 Å². The number of carbonyl (C=O) groups is 1. The molecule has 0 spiro atoms. The molecule has 3 heteroatoms. The summed E-state index contributed by atoms with van der Waals surface area (Å²) in [5.41, 5.74) is 0. The first-order valence-electron chi connectivity index (χ1n) is 6.08. The van der Waals surface area contributed by atoms with Crippen molar-refractivity contribution >= 4 is 6.03 Å². The Hall–Kier alpha value is -0.730. The fourth-order valence-corrected chi connectivity index (χ4v) is 2.23. The molecule has 1 heterocycles. The molecule has 0 aromatic heterocycles. The van der Waals surface area contributed by atoms with Crippen LogP contribution in [0.25, 0.3) is 0 Å². The lowest BCUT2D eigenvalue weighted by molar-refractivity contribution is 0.144. The van der Waals surface area contributed by atoms with Gasteiger partial charge in [0.25, 0.3) is 0 Å². The molecule has 0 aromatic rings. The van der Waals surface area contributed by atoms with Crippen molar-refractivity contribution in [2.45, 2.75) is 46.6 Å². The molecule has 1 rings (SSSR count). The minimum absolute atomic E-state index is 0.114. The smallest absolute Gasteiger partial charge is 0.317 e. The van der Waals surface area contributed by atoms with Gasteiger partial charge in [0.05, 0.1) is 0 Å². The molecule has 3 nitrogen and oxygen atoms in total. The third-order valence-corrected chi connectivity index (χ3v) is 3.14. The van der Waals surface area contributed by atoms with E-state index in [1.807, 2.05) is 4.90 Å². The maximum atomic E-state index is 11.9. The summed E-state index contributed by atoms with van der Waals surface area (Å²) in [5.74, 6) is 1.27. The van der Waals surface area contributed by atoms with Gasteiger partial charge in [0.1, 0.15) is 0 Å². The zero-order chi connectivity index (χ0) is 11.4. The number of hydrogen-bond donors (Lipinski definition) is 1. The first-order chi connectivity index (χ1) is 7.02. The zero-order valence-corrected chi connectivity index (χ0v) is 10.4. The quantitative estimate of drug-likeness (QED) is 0.749. The topological polar surface area (TPSA) is 32.3 Å². The fraction of sp³-hybridized carbons (Fsp3) is 0.917. The van der Waals surface area contributed by atoms with Gasteiger partial charge in [-0.05, 0) is 31.6 Å². The fourth-order valence-electron chi connectivity index (χ4n) is 2.23. The Balaban J connectivity index is 2.44. The van der Waals surface area contributed by atoms with E-state index in [1.54, 1.807) is 0 Å². The first kappa shape index (κ1) is 12.3.